The first kappa shape index (κ1) is 24.9. The van der Waals surface area contributed by atoms with Crippen LogP contribution in [0.4, 0.5) is 0 Å². The summed E-state index contributed by atoms with van der Waals surface area (Å²) >= 11 is 0. The van der Waals surface area contributed by atoms with Gasteiger partial charge in [-0.25, -0.2) is 0 Å². The minimum Gasteiger partial charge on any atom is -0.461 e. The Hall–Kier alpha value is -2.37. The number of hydrogen-bond acceptors (Lipinski definition) is 5. The van der Waals surface area contributed by atoms with E-state index in [0.29, 0.717) is 6.42 Å². The summed E-state index contributed by atoms with van der Waals surface area (Å²) in [7, 11) is 0. The summed E-state index contributed by atoms with van der Waals surface area (Å²) in [5.41, 5.74) is 0.928. The number of carbonyl (C=O) groups excluding carboxylic acids is 2. The fourth-order valence-corrected chi connectivity index (χ4v) is 3.87. The summed E-state index contributed by atoms with van der Waals surface area (Å²) in [6, 6.07) is 9.47. The highest BCUT2D eigenvalue weighted by atomic mass is 16.6. The largest absolute Gasteiger partial charge is 0.461 e. The van der Waals surface area contributed by atoms with E-state index in [-0.39, 0.29) is 37.5 Å². The van der Waals surface area contributed by atoms with Crippen LogP contribution in [-0.4, -0.2) is 24.0 Å². The lowest BCUT2D eigenvalue weighted by Gasteiger charge is -2.23. The van der Waals surface area contributed by atoms with E-state index in [1.165, 1.54) is 44.9 Å². The zero-order valence-corrected chi connectivity index (χ0v) is 18.7. The van der Waals surface area contributed by atoms with Gasteiger partial charge in [0.05, 0.1) is 0 Å². The Bertz CT molecular complexity index is 641. The number of ether oxygens (including phenoxy) is 2. The van der Waals surface area contributed by atoms with Crippen molar-refractivity contribution < 1.29 is 19.1 Å². The lowest BCUT2D eigenvalue weighted by molar-refractivity contribution is -0.145. The summed E-state index contributed by atoms with van der Waals surface area (Å²) in [5.74, 6) is -0.837. The van der Waals surface area contributed by atoms with Crippen LogP contribution in [0.3, 0.4) is 0 Å². The van der Waals surface area contributed by atoms with E-state index in [4.69, 9.17) is 14.9 Å². The Balaban J connectivity index is 0.000000488. The first-order chi connectivity index (χ1) is 15.1. The van der Waals surface area contributed by atoms with Crippen LogP contribution in [0.15, 0.2) is 30.3 Å². The molecule has 0 atom stereocenters. The van der Waals surface area contributed by atoms with Gasteiger partial charge < -0.3 is 14.8 Å². The van der Waals surface area contributed by atoms with Gasteiger partial charge in [0.25, 0.3) is 6.02 Å². The van der Waals surface area contributed by atoms with E-state index in [2.05, 4.69) is 5.32 Å². The molecule has 2 N–H and O–H groups in total. The molecule has 0 saturated heterocycles. The fraction of sp³-hybridized carbons (Fsp3) is 0.640. The minimum absolute atomic E-state index is 0.0924. The van der Waals surface area contributed by atoms with Crippen LogP contribution in [0, 0.1) is 5.41 Å². The molecular weight excluding hydrogens is 392 g/mol. The number of hydrogen-bond donors (Lipinski definition) is 2. The zero-order chi connectivity index (χ0) is 22.2. The average molecular weight is 431 g/mol. The molecule has 3 rings (SSSR count). The normalized spacial score (nSPS) is 16.4. The van der Waals surface area contributed by atoms with E-state index >= 15 is 0 Å². The molecule has 2 saturated carbocycles. The van der Waals surface area contributed by atoms with Crippen molar-refractivity contribution in [1.29, 1.82) is 5.41 Å². The number of amidine groups is 1. The first-order valence-corrected chi connectivity index (χ1v) is 11.9. The molecule has 0 heterocycles. The molecule has 31 heavy (non-hydrogen) atoms. The van der Waals surface area contributed by atoms with Crippen LogP contribution in [0.5, 0.6) is 0 Å². The van der Waals surface area contributed by atoms with Crippen molar-refractivity contribution in [1.82, 2.24) is 5.32 Å². The van der Waals surface area contributed by atoms with Gasteiger partial charge in [-0.05, 0) is 24.8 Å². The number of benzene rings is 1. The Kier molecular flexibility index (Phi) is 12.4. The molecule has 0 radical (unpaired) electrons. The highest BCUT2D eigenvalue weighted by molar-refractivity contribution is 5.86. The van der Waals surface area contributed by atoms with Gasteiger partial charge in [0, 0.05) is 18.9 Å². The second-order valence-electron chi connectivity index (χ2n) is 8.40. The number of rotatable bonds is 7. The zero-order valence-electron chi connectivity index (χ0n) is 18.7. The van der Waals surface area contributed by atoms with E-state index < -0.39 is 5.97 Å². The third kappa shape index (κ3) is 12.2. The van der Waals surface area contributed by atoms with Gasteiger partial charge in [0.15, 0.2) is 0 Å². The van der Waals surface area contributed by atoms with Gasteiger partial charge in [-0.15, -0.1) is 0 Å². The molecule has 0 unspecified atom stereocenters. The third-order valence-corrected chi connectivity index (χ3v) is 5.66. The van der Waals surface area contributed by atoms with Crippen LogP contribution < -0.4 is 5.32 Å². The molecule has 6 heteroatoms. The standard InChI is InChI=1S/C19H26N2O4.C6H12/c20-19(21-16-10-5-2-6-11-16)25-18(23)13-7-12-17(22)24-14-15-8-3-1-4-9-15;1-2-4-6-5-3-1/h1,3-4,8-9,16H,2,5-7,10-14H2,(H2,20,21);1-6H2. The number of carbonyl (C=O) groups is 2. The van der Waals surface area contributed by atoms with Crippen LogP contribution in [0.1, 0.15) is 95.5 Å². The molecular formula is C25H38N2O4. The fourth-order valence-electron chi connectivity index (χ4n) is 3.87. The van der Waals surface area contributed by atoms with Crippen molar-refractivity contribution in [2.24, 2.45) is 0 Å². The van der Waals surface area contributed by atoms with Gasteiger partial charge in [-0.1, -0.05) is 88.1 Å². The Morgan fingerprint density at radius 2 is 1.39 bits per heavy atom. The molecule has 0 aliphatic heterocycles. The maximum atomic E-state index is 11.7. The SMILES string of the molecule is C1CCCCC1.N=C(NC1CCCCC1)OC(=O)CCCC(=O)OCc1ccccc1. The Morgan fingerprint density at radius 3 is 2.00 bits per heavy atom. The smallest absolute Gasteiger partial charge is 0.313 e. The monoisotopic (exact) mass is 430 g/mol. The quantitative estimate of drug-likeness (QED) is 0.332. The predicted molar refractivity (Wildman–Crippen MR) is 122 cm³/mol. The van der Waals surface area contributed by atoms with E-state index in [0.717, 1.165) is 31.2 Å². The summed E-state index contributed by atoms with van der Waals surface area (Å²) in [5, 5.41) is 10.6. The molecule has 2 aliphatic rings. The number of esters is 2. The maximum absolute atomic E-state index is 11.7. The van der Waals surface area contributed by atoms with Crippen LogP contribution in [0.25, 0.3) is 0 Å². The molecule has 0 bridgehead atoms. The molecule has 172 valence electrons. The summed E-state index contributed by atoms with van der Waals surface area (Å²) in [6.07, 6.45) is 15.1. The van der Waals surface area contributed by atoms with Crippen molar-refractivity contribution in [2.45, 2.75) is 103 Å². The third-order valence-electron chi connectivity index (χ3n) is 5.66. The molecule has 0 aromatic heterocycles. The van der Waals surface area contributed by atoms with Gasteiger partial charge in [0.1, 0.15) is 6.61 Å². The maximum Gasteiger partial charge on any atom is 0.313 e. The minimum atomic E-state index is -0.496. The molecule has 0 spiro atoms. The first-order valence-electron chi connectivity index (χ1n) is 11.9. The van der Waals surface area contributed by atoms with Crippen LogP contribution in [-0.2, 0) is 25.7 Å². The van der Waals surface area contributed by atoms with Crippen molar-refractivity contribution in [3.63, 3.8) is 0 Å². The van der Waals surface area contributed by atoms with Gasteiger partial charge >= 0.3 is 11.9 Å². The highest BCUT2D eigenvalue weighted by Crippen LogP contribution is 2.17. The molecule has 2 aliphatic carbocycles. The summed E-state index contributed by atoms with van der Waals surface area (Å²) in [4.78, 5) is 23.4. The second kappa shape index (κ2) is 15.4. The van der Waals surface area contributed by atoms with Crippen molar-refractivity contribution in [3.8, 4) is 0 Å². The molecule has 1 aromatic rings. The lowest BCUT2D eigenvalue weighted by atomic mass is 9.96. The van der Waals surface area contributed by atoms with Crippen molar-refractivity contribution >= 4 is 18.0 Å². The predicted octanol–water partition coefficient (Wildman–Crippen LogP) is 5.64. The van der Waals surface area contributed by atoms with Crippen molar-refractivity contribution in [2.75, 3.05) is 0 Å². The molecule has 1 aromatic carbocycles. The van der Waals surface area contributed by atoms with E-state index in [1.807, 2.05) is 30.3 Å². The second-order valence-corrected chi connectivity index (χ2v) is 8.40. The molecule has 2 fully saturated rings. The number of nitrogens with one attached hydrogen (secondary N) is 2. The Labute approximate surface area is 186 Å². The molecule has 0 amide bonds. The van der Waals surface area contributed by atoms with E-state index in [1.54, 1.807) is 0 Å². The topological polar surface area (TPSA) is 88.5 Å². The van der Waals surface area contributed by atoms with E-state index in [9.17, 15) is 9.59 Å². The lowest BCUT2D eigenvalue weighted by Crippen LogP contribution is -2.38. The van der Waals surface area contributed by atoms with Gasteiger partial charge in [-0.2, -0.15) is 0 Å². The Morgan fingerprint density at radius 1 is 0.839 bits per heavy atom. The average Bonchev–Trinajstić information content (AvgIpc) is 2.80. The van der Waals surface area contributed by atoms with Crippen molar-refractivity contribution in [3.05, 3.63) is 35.9 Å². The highest BCUT2D eigenvalue weighted by Gasteiger charge is 2.16. The van der Waals surface area contributed by atoms with Crippen LogP contribution in [0.2, 0.25) is 0 Å². The van der Waals surface area contributed by atoms with Gasteiger partial charge in [0.2, 0.25) is 0 Å². The van der Waals surface area contributed by atoms with Gasteiger partial charge in [-0.3, -0.25) is 15.0 Å². The van der Waals surface area contributed by atoms with Crippen LogP contribution >= 0.6 is 0 Å². The summed E-state index contributed by atoms with van der Waals surface area (Å²) < 4.78 is 10.1. The summed E-state index contributed by atoms with van der Waals surface area (Å²) in [6.45, 7) is 0.236. The molecule has 6 nitrogen and oxygen atoms in total.